The first-order valence-corrected chi connectivity index (χ1v) is 11.1. The molecule has 4 aromatic rings. The lowest BCUT2D eigenvalue weighted by Gasteiger charge is -2.08. The molecule has 0 spiro atoms. The molecule has 1 N–H and O–H groups in total. The Kier molecular flexibility index (Phi) is 5.99. The summed E-state index contributed by atoms with van der Waals surface area (Å²) in [6.07, 6.45) is 1.80. The van der Waals surface area contributed by atoms with Gasteiger partial charge < -0.3 is 5.32 Å². The van der Waals surface area contributed by atoms with E-state index in [1.165, 1.54) is 16.5 Å². The number of hydrogen-bond acceptors (Lipinski definition) is 5. The van der Waals surface area contributed by atoms with Crippen molar-refractivity contribution < 1.29 is 4.79 Å². The van der Waals surface area contributed by atoms with Crippen molar-refractivity contribution >= 4 is 56.4 Å². The van der Waals surface area contributed by atoms with Gasteiger partial charge in [0.15, 0.2) is 11.0 Å². The summed E-state index contributed by atoms with van der Waals surface area (Å²) in [6.45, 7) is 4.41. The molecule has 29 heavy (non-hydrogen) atoms. The van der Waals surface area contributed by atoms with Crippen molar-refractivity contribution in [2.24, 2.45) is 0 Å². The quantitative estimate of drug-likeness (QED) is 0.294. The van der Waals surface area contributed by atoms with Crippen LogP contribution < -0.4 is 5.32 Å². The van der Waals surface area contributed by atoms with Crippen LogP contribution in [0.4, 0.5) is 5.69 Å². The summed E-state index contributed by atoms with van der Waals surface area (Å²) >= 11 is 8.90. The van der Waals surface area contributed by atoms with E-state index in [2.05, 4.69) is 39.6 Å². The van der Waals surface area contributed by atoms with Crippen LogP contribution in [-0.4, -0.2) is 26.4 Å². The van der Waals surface area contributed by atoms with E-state index < -0.39 is 0 Å². The third-order valence-corrected chi connectivity index (χ3v) is 6.39. The molecule has 8 heteroatoms. The second-order valence-corrected chi connectivity index (χ2v) is 8.48. The SMILES string of the molecule is C=CCn1c(SCC(=O)Nc2ccc(Cl)cc2)nnc1-c1csc2ccccc12. The summed E-state index contributed by atoms with van der Waals surface area (Å²) in [5.41, 5.74) is 1.75. The average molecular weight is 441 g/mol. The van der Waals surface area contributed by atoms with Gasteiger partial charge in [0.1, 0.15) is 0 Å². The molecule has 0 bridgehead atoms. The van der Waals surface area contributed by atoms with E-state index in [-0.39, 0.29) is 11.7 Å². The Balaban J connectivity index is 1.53. The second kappa shape index (κ2) is 8.82. The molecule has 2 aromatic heterocycles. The van der Waals surface area contributed by atoms with Crippen molar-refractivity contribution in [3.63, 3.8) is 0 Å². The standard InChI is InChI=1S/C21H17ClN4OS2/c1-2-11-26-20(17-12-28-18-6-4-3-5-16(17)18)24-25-21(26)29-13-19(27)23-15-9-7-14(22)8-10-15/h2-10,12H,1,11,13H2,(H,23,27). The number of amides is 1. The zero-order chi connectivity index (χ0) is 20.2. The molecule has 4 rings (SSSR count). The number of thioether (sulfide) groups is 1. The average Bonchev–Trinajstić information content (AvgIpc) is 3.32. The van der Waals surface area contributed by atoms with E-state index in [0.29, 0.717) is 22.4 Å². The smallest absolute Gasteiger partial charge is 0.234 e. The fourth-order valence-electron chi connectivity index (χ4n) is 2.90. The number of hydrogen-bond donors (Lipinski definition) is 1. The molecular weight excluding hydrogens is 424 g/mol. The van der Waals surface area contributed by atoms with Gasteiger partial charge in [-0.25, -0.2) is 0 Å². The van der Waals surface area contributed by atoms with Gasteiger partial charge >= 0.3 is 0 Å². The normalized spacial score (nSPS) is 10.9. The molecule has 1 amide bonds. The van der Waals surface area contributed by atoms with E-state index >= 15 is 0 Å². The van der Waals surface area contributed by atoms with Crippen LogP contribution in [0.5, 0.6) is 0 Å². The minimum atomic E-state index is -0.118. The molecule has 5 nitrogen and oxygen atoms in total. The highest BCUT2D eigenvalue weighted by molar-refractivity contribution is 7.99. The number of rotatable bonds is 7. The first kappa shape index (κ1) is 19.7. The van der Waals surface area contributed by atoms with E-state index in [1.54, 1.807) is 41.7 Å². The number of halogens is 1. The molecule has 0 unspecified atom stereocenters. The second-order valence-electron chi connectivity index (χ2n) is 6.19. The van der Waals surface area contributed by atoms with Crippen molar-refractivity contribution in [2.75, 3.05) is 11.1 Å². The predicted molar refractivity (Wildman–Crippen MR) is 122 cm³/mol. The van der Waals surface area contributed by atoms with Crippen LogP contribution in [0.2, 0.25) is 5.02 Å². The fourth-order valence-corrected chi connectivity index (χ4v) is 4.71. The van der Waals surface area contributed by atoms with Gasteiger partial charge in [-0.3, -0.25) is 9.36 Å². The third-order valence-electron chi connectivity index (χ3n) is 4.21. The van der Waals surface area contributed by atoms with E-state index in [4.69, 9.17) is 11.6 Å². The topological polar surface area (TPSA) is 59.8 Å². The number of thiophene rings is 1. The van der Waals surface area contributed by atoms with Gasteiger partial charge in [-0.2, -0.15) is 0 Å². The molecule has 146 valence electrons. The number of benzene rings is 2. The highest BCUT2D eigenvalue weighted by Crippen LogP contribution is 2.34. The van der Waals surface area contributed by atoms with Gasteiger partial charge in [0.2, 0.25) is 5.91 Å². The number of aromatic nitrogens is 3. The molecular formula is C21H17ClN4OS2. The van der Waals surface area contributed by atoms with Gasteiger partial charge in [0, 0.05) is 38.3 Å². The van der Waals surface area contributed by atoms with E-state index in [1.807, 2.05) is 16.7 Å². The molecule has 0 aliphatic heterocycles. The van der Waals surface area contributed by atoms with Gasteiger partial charge in [-0.15, -0.1) is 28.1 Å². The molecule has 0 saturated heterocycles. The molecule has 0 aliphatic carbocycles. The molecule has 0 aliphatic rings. The summed E-state index contributed by atoms with van der Waals surface area (Å²) in [5.74, 6) is 0.887. The number of carbonyl (C=O) groups is 1. The van der Waals surface area contributed by atoms with Gasteiger partial charge in [-0.1, -0.05) is 47.6 Å². The molecule has 0 fully saturated rings. The van der Waals surface area contributed by atoms with Gasteiger partial charge in [-0.05, 0) is 30.3 Å². The summed E-state index contributed by atoms with van der Waals surface area (Å²) < 4.78 is 3.19. The maximum absolute atomic E-state index is 12.3. The van der Waals surface area contributed by atoms with Crippen LogP contribution in [0, 0.1) is 0 Å². The van der Waals surface area contributed by atoms with Crippen molar-refractivity contribution in [2.45, 2.75) is 11.7 Å². The number of nitrogens with one attached hydrogen (secondary N) is 1. The highest BCUT2D eigenvalue weighted by Gasteiger charge is 2.17. The largest absolute Gasteiger partial charge is 0.325 e. The van der Waals surface area contributed by atoms with Crippen molar-refractivity contribution in [3.8, 4) is 11.4 Å². The fraction of sp³-hybridized carbons (Fsp3) is 0.0952. The Labute approximate surface area is 181 Å². The summed E-state index contributed by atoms with van der Waals surface area (Å²) in [6, 6.07) is 15.2. The lowest BCUT2D eigenvalue weighted by Crippen LogP contribution is -2.14. The minimum absolute atomic E-state index is 0.118. The van der Waals surface area contributed by atoms with E-state index in [9.17, 15) is 4.79 Å². The number of anilines is 1. The first-order valence-electron chi connectivity index (χ1n) is 8.84. The first-order chi connectivity index (χ1) is 14.2. The Morgan fingerprint density at radius 3 is 2.79 bits per heavy atom. The maximum Gasteiger partial charge on any atom is 0.234 e. The van der Waals surface area contributed by atoms with Crippen molar-refractivity contribution in [1.82, 2.24) is 14.8 Å². The third kappa shape index (κ3) is 4.37. The summed E-state index contributed by atoms with van der Waals surface area (Å²) in [5, 5.41) is 16.1. The minimum Gasteiger partial charge on any atom is -0.325 e. The number of carbonyl (C=O) groups excluding carboxylic acids is 1. The summed E-state index contributed by atoms with van der Waals surface area (Å²) in [7, 11) is 0. The highest BCUT2D eigenvalue weighted by atomic mass is 35.5. The molecule has 0 saturated carbocycles. The maximum atomic E-state index is 12.3. The number of fused-ring (bicyclic) bond motifs is 1. The number of nitrogens with zero attached hydrogens (tertiary/aromatic N) is 3. The van der Waals surface area contributed by atoms with Crippen LogP contribution >= 0.6 is 34.7 Å². The molecule has 0 atom stereocenters. The molecule has 0 radical (unpaired) electrons. The van der Waals surface area contributed by atoms with Crippen LogP contribution in [0.15, 0.2) is 71.7 Å². The van der Waals surface area contributed by atoms with Gasteiger partial charge in [0.25, 0.3) is 0 Å². The molecule has 2 aromatic carbocycles. The van der Waals surface area contributed by atoms with Crippen LogP contribution in [-0.2, 0) is 11.3 Å². The monoisotopic (exact) mass is 440 g/mol. The Bertz CT molecular complexity index is 1170. The molecule has 2 heterocycles. The van der Waals surface area contributed by atoms with Crippen LogP contribution in [0.3, 0.4) is 0 Å². The predicted octanol–water partition coefficient (Wildman–Crippen LogP) is 5.73. The number of allylic oxidation sites excluding steroid dienone is 1. The summed E-state index contributed by atoms with van der Waals surface area (Å²) in [4.78, 5) is 12.3. The Morgan fingerprint density at radius 1 is 1.21 bits per heavy atom. The zero-order valence-electron chi connectivity index (χ0n) is 15.3. The van der Waals surface area contributed by atoms with Crippen molar-refractivity contribution in [1.29, 1.82) is 0 Å². The zero-order valence-corrected chi connectivity index (χ0v) is 17.7. The Morgan fingerprint density at radius 2 is 2.00 bits per heavy atom. The van der Waals surface area contributed by atoms with Crippen LogP contribution in [0.25, 0.3) is 21.5 Å². The lowest BCUT2D eigenvalue weighted by atomic mass is 10.1. The Hall–Kier alpha value is -2.61. The van der Waals surface area contributed by atoms with Gasteiger partial charge in [0.05, 0.1) is 5.75 Å². The lowest BCUT2D eigenvalue weighted by molar-refractivity contribution is -0.113. The van der Waals surface area contributed by atoms with E-state index in [0.717, 1.165) is 16.8 Å². The van der Waals surface area contributed by atoms with Crippen molar-refractivity contribution in [3.05, 3.63) is 71.6 Å². The van der Waals surface area contributed by atoms with Crippen LogP contribution in [0.1, 0.15) is 0 Å².